The standard InChI is InChI=1S/C16H26N2O2/c1-16(2,3)14(12-13-8-5-4-6-9-13)18-15(20)17-10-7-11-19/h4-6,8-9,14,19H,7,10-12H2,1-3H3,(H2,17,18,20). The molecule has 0 spiro atoms. The van der Waals surface area contributed by atoms with Gasteiger partial charge in [-0.25, -0.2) is 4.79 Å². The van der Waals surface area contributed by atoms with E-state index < -0.39 is 0 Å². The minimum Gasteiger partial charge on any atom is -0.396 e. The van der Waals surface area contributed by atoms with Gasteiger partial charge >= 0.3 is 6.03 Å². The molecule has 0 bridgehead atoms. The van der Waals surface area contributed by atoms with Crippen LogP contribution in [0.5, 0.6) is 0 Å². The highest BCUT2D eigenvalue weighted by molar-refractivity contribution is 5.74. The Labute approximate surface area is 121 Å². The minimum atomic E-state index is -0.172. The Morgan fingerprint density at radius 1 is 1.25 bits per heavy atom. The van der Waals surface area contributed by atoms with E-state index in [1.807, 2.05) is 18.2 Å². The van der Waals surface area contributed by atoms with E-state index in [9.17, 15) is 4.79 Å². The summed E-state index contributed by atoms with van der Waals surface area (Å²) >= 11 is 0. The second-order valence-corrected chi connectivity index (χ2v) is 6.09. The maximum Gasteiger partial charge on any atom is 0.315 e. The van der Waals surface area contributed by atoms with Gasteiger partial charge in [0.05, 0.1) is 0 Å². The zero-order valence-electron chi connectivity index (χ0n) is 12.6. The number of urea groups is 1. The lowest BCUT2D eigenvalue weighted by molar-refractivity contribution is 0.215. The molecule has 4 heteroatoms. The Morgan fingerprint density at radius 3 is 2.45 bits per heavy atom. The third kappa shape index (κ3) is 6.06. The first-order valence-corrected chi connectivity index (χ1v) is 7.12. The lowest BCUT2D eigenvalue weighted by Gasteiger charge is -2.31. The molecule has 0 aliphatic carbocycles. The summed E-state index contributed by atoms with van der Waals surface area (Å²) < 4.78 is 0. The van der Waals surface area contributed by atoms with Crippen LogP contribution in [0, 0.1) is 5.41 Å². The molecule has 0 saturated carbocycles. The van der Waals surface area contributed by atoms with Gasteiger partial charge in [0.1, 0.15) is 0 Å². The van der Waals surface area contributed by atoms with Gasteiger partial charge in [-0.05, 0) is 23.8 Å². The molecule has 0 fully saturated rings. The van der Waals surface area contributed by atoms with Crippen molar-refractivity contribution in [1.82, 2.24) is 10.6 Å². The van der Waals surface area contributed by atoms with Crippen LogP contribution in [0.2, 0.25) is 0 Å². The number of benzene rings is 1. The summed E-state index contributed by atoms with van der Waals surface area (Å²) in [6.45, 7) is 6.94. The third-order valence-corrected chi connectivity index (χ3v) is 3.25. The van der Waals surface area contributed by atoms with Crippen LogP contribution in [0.1, 0.15) is 32.8 Å². The molecule has 0 saturated heterocycles. The first kappa shape index (κ1) is 16.5. The van der Waals surface area contributed by atoms with Crippen molar-refractivity contribution in [2.75, 3.05) is 13.2 Å². The predicted octanol–water partition coefficient (Wildman–Crippen LogP) is 2.33. The topological polar surface area (TPSA) is 61.4 Å². The zero-order chi connectivity index (χ0) is 15.0. The number of amides is 2. The molecule has 4 nitrogen and oxygen atoms in total. The number of carbonyl (C=O) groups is 1. The van der Waals surface area contributed by atoms with E-state index in [4.69, 9.17) is 5.11 Å². The van der Waals surface area contributed by atoms with Crippen molar-refractivity contribution in [1.29, 1.82) is 0 Å². The Morgan fingerprint density at radius 2 is 1.90 bits per heavy atom. The average Bonchev–Trinajstić information content (AvgIpc) is 2.38. The van der Waals surface area contributed by atoms with E-state index in [0.29, 0.717) is 13.0 Å². The molecule has 1 atom stereocenters. The molecule has 3 N–H and O–H groups in total. The lowest BCUT2D eigenvalue weighted by atomic mass is 9.83. The Balaban J connectivity index is 2.59. The fraction of sp³-hybridized carbons (Fsp3) is 0.562. The van der Waals surface area contributed by atoms with Crippen molar-refractivity contribution in [2.45, 2.75) is 39.7 Å². The van der Waals surface area contributed by atoms with Crippen molar-refractivity contribution in [3.63, 3.8) is 0 Å². The highest BCUT2D eigenvalue weighted by atomic mass is 16.3. The van der Waals surface area contributed by atoms with Crippen LogP contribution in [0.25, 0.3) is 0 Å². The second-order valence-electron chi connectivity index (χ2n) is 6.09. The molecule has 1 aromatic carbocycles. The van der Waals surface area contributed by atoms with Crippen molar-refractivity contribution >= 4 is 6.03 Å². The summed E-state index contributed by atoms with van der Waals surface area (Å²) in [4.78, 5) is 11.9. The minimum absolute atomic E-state index is 0.0237. The summed E-state index contributed by atoms with van der Waals surface area (Å²) in [6.07, 6.45) is 1.38. The van der Waals surface area contributed by atoms with Gasteiger partial charge in [-0.2, -0.15) is 0 Å². The van der Waals surface area contributed by atoms with Gasteiger partial charge in [0.15, 0.2) is 0 Å². The first-order valence-electron chi connectivity index (χ1n) is 7.12. The van der Waals surface area contributed by atoms with Gasteiger partial charge in [0.25, 0.3) is 0 Å². The van der Waals surface area contributed by atoms with E-state index in [2.05, 4.69) is 43.5 Å². The van der Waals surface area contributed by atoms with Crippen molar-refractivity contribution < 1.29 is 9.90 Å². The number of aliphatic hydroxyl groups is 1. The van der Waals surface area contributed by atoms with Crippen molar-refractivity contribution in [3.8, 4) is 0 Å². The van der Waals surface area contributed by atoms with Crippen molar-refractivity contribution in [2.24, 2.45) is 5.41 Å². The quantitative estimate of drug-likeness (QED) is 0.699. The SMILES string of the molecule is CC(C)(C)C(Cc1ccccc1)NC(=O)NCCCO. The van der Waals surface area contributed by atoms with E-state index >= 15 is 0 Å². The van der Waals surface area contributed by atoms with E-state index in [-0.39, 0.29) is 24.1 Å². The molecular weight excluding hydrogens is 252 g/mol. The van der Waals surface area contributed by atoms with Gasteiger partial charge in [-0.3, -0.25) is 0 Å². The molecule has 112 valence electrons. The molecule has 0 aliphatic rings. The first-order chi connectivity index (χ1) is 9.43. The number of nitrogens with one attached hydrogen (secondary N) is 2. The van der Waals surface area contributed by atoms with E-state index in [0.717, 1.165) is 6.42 Å². The largest absolute Gasteiger partial charge is 0.396 e. The van der Waals surface area contributed by atoms with Gasteiger partial charge in [-0.1, -0.05) is 51.1 Å². The molecule has 1 aromatic rings. The molecule has 20 heavy (non-hydrogen) atoms. The second kappa shape index (κ2) is 7.90. The van der Waals surface area contributed by atoms with E-state index in [1.165, 1.54) is 5.56 Å². The fourth-order valence-electron chi connectivity index (χ4n) is 1.91. The lowest BCUT2D eigenvalue weighted by Crippen LogP contribution is -2.49. The molecule has 1 rings (SSSR count). The maximum atomic E-state index is 11.9. The number of carbonyl (C=O) groups excluding carboxylic acids is 1. The molecule has 0 radical (unpaired) electrons. The predicted molar refractivity (Wildman–Crippen MR) is 81.6 cm³/mol. The highest BCUT2D eigenvalue weighted by Gasteiger charge is 2.26. The third-order valence-electron chi connectivity index (χ3n) is 3.25. The molecule has 2 amide bonds. The Bertz CT molecular complexity index is 399. The fourth-order valence-corrected chi connectivity index (χ4v) is 1.91. The Kier molecular flexibility index (Phi) is 6.52. The highest BCUT2D eigenvalue weighted by Crippen LogP contribution is 2.22. The molecule has 1 unspecified atom stereocenters. The number of hydrogen-bond acceptors (Lipinski definition) is 2. The Hall–Kier alpha value is -1.55. The number of hydrogen-bond donors (Lipinski definition) is 3. The van der Waals surface area contributed by atoms with E-state index in [1.54, 1.807) is 0 Å². The van der Waals surface area contributed by atoms with Crippen LogP contribution in [-0.4, -0.2) is 30.3 Å². The van der Waals surface area contributed by atoms with Crippen LogP contribution < -0.4 is 10.6 Å². The molecule has 0 aromatic heterocycles. The zero-order valence-corrected chi connectivity index (χ0v) is 12.6. The molecule has 0 heterocycles. The summed E-state index contributed by atoms with van der Waals surface area (Å²) in [5.41, 5.74) is 1.19. The molecule has 0 aliphatic heterocycles. The maximum absolute atomic E-state index is 11.9. The number of rotatable bonds is 6. The van der Waals surface area contributed by atoms with Gasteiger partial charge in [-0.15, -0.1) is 0 Å². The van der Waals surface area contributed by atoms with Crippen LogP contribution in [0.15, 0.2) is 30.3 Å². The smallest absolute Gasteiger partial charge is 0.315 e. The van der Waals surface area contributed by atoms with Crippen LogP contribution in [0.3, 0.4) is 0 Å². The van der Waals surface area contributed by atoms with Gasteiger partial charge < -0.3 is 15.7 Å². The summed E-state index contributed by atoms with van der Waals surface area (Å²) in [6, 6.07) is 10.0. The van der Waals surface area contributed by atoms with Crippen LogP contribution in [-0.2, 0) is 6.42 Å². The average molecular weight is 278 g/mol. The normalized spacial score (nSPS) is 12.8. The van der Waals surface area contributed by atoms with Gasteiger partial charge in [0, 0.05) is 19.2 Å². The van der Waals surface area contributed by atoms with Gasteiger partial charge in [0.2, 0.25) is 0 Å². The van der Waals surface area contributed by atoms with Crippen LogP contribution in [0.4, 0.5) is 4.79 Å². The number of aliphatic hydroxyl groups excluding tert-OH is 1. The summed E-state index contributed by atoms with van der Waals surface area (Å²) in [5.74, 6) is 0. The van der Waals surface area contributed by atoms with Crippen LogP contribution >= 0.6 is 0 Å². The summed E-state index contributed by atoms with van der Waals surface area (Å²) in [5, 5.41) is 14.5. The monoisotopic (exact) mass is 278 g/mol. The van der Waals surface area contributed by atoms with Crippen molar-refractivity contribution in [3.05, 3.63) is 35.9 Å². The molecular formula is C16H26N2O2. The summed E-state index contributed by atoms with van der Waals surface area (Å²) in [7, 11) is 0.